The number of rotatable bonds is 7. The minimum Gasteiger partial charge on any atom is -0.387 e. The van der Waals surface area contributed by atoms with Crippen LogP contribution in [0.5, 0.6) is 0 Å². The summed E-state index contributed by atoms with van der Waals surface area (Å²) >= 11 is 0. The van der Waals surface area contributed by atoms with Gasteiger partial charge in [0.25, 0.3) is 5.91 Å². The zero-order valence-corrected chi connectivity index (χ0v) is 20.1. The van der Waals surface area contributed by atoms with Gasteiger partial charge >= 0.3 is 0 Å². The van der Waals surface area contributed by atoms with Gasteiger partial charge in [-0.2, -0.15) is 10.4 Å². The molecule has 1 aliphatic rings. The number of piperidine rings is 1. The van der Waals surface area contributed by atoms with Gasteiger partial charge in [0, 0.05) is 18.8 Å². The van der Waals surface area contributed by atoms with Crippen molar-refractivity contribution in [3.63, 3.8) is 0 Å². The summed E-state index contributed by atoms with van der Waals surface area (Å²) in [4.78, 5) is 19.7. The Bertz CT molecular complexity index is 1260. The number of likely N-dealkylation sites (tertiary alicyclic amines) is 1. The van der Waals surface area contributed by atoms with E-state index in [1.165, 1.54) is 26.2 Å². The predicted molar refractivity (Wildman–Crippen MR) is 131 cm³/mol. The number of alkyl halides is 1. The van der Waals surface area contributed by atoms with Gasteiger partial charge in [0.05, 0.1) is 52.1 Å². The standard InChI is InChI=1S/C25H30FN7O2/c1-25(2,35)23(26)14-29-24(34)19-13-28-21(10-20(19)31-17-5-4-8-32(3)15-17)22-7-6-18-9-16(11-27)12-30-33(18)22/h6-7,9-10,12-13,17,23,35H,4-5,8,14-15H2,1-3H3,(H,28,31)(H,29,34)/t17-,23?/m0/s1. The molecule has 0 aromatic carbocycles. The van der Waals surface area contributed by atoms with Crippen molar-refractivity contribution in [2.75, 3.05) is 32.0 Å². The molecule has 2 atom stereocenters. The van der Waals surface area contributed by atoms with Crippen molar-refractivity contribution < 1.29 is 14.3 Å². The van der Waals surface area contributed by atoms with Crippen LogP contribution in [0.4, 0.5) is 10.1 Å². The number of halogens is 1. The summed E-state index contributed by atoms with van der Waals surface area (Å²) in [5.41, 5.74) is 1.87. The number of aliphatic hydroxyl groups is 1. The van der Waals surface area contributed by atoms with E-state index in [0.29, 0.717) is 28.2 Å². The highest BCUT2D eigenvalue weighted by Gasteiger charge is 2.28. The number of carbonyl (C=O) groups is 1. The molecule has 184 valence electrons. The molecule has 4 heterocycles. The lowest BCUT2D eigenvalue weighted by Crippen LogP contribution is -2.42. The van der Waals surface area contributed by atoms with Crippen LogP contribution >= 0.6 is 0 Å². The van der Waals surface area contributed by atoms with E-state index >= 15 is 0 Å². The molecule has 3 aromatic rings. The van der Waals surface area contributed by atoms with Crippen LogP contribution in [0.1, 0.15) is 42.6 Å². The molecule has 0 saturated carbocycles. The number of fused-ring (bicyclic) bond motifs is 1. The maximum Gasteiger partial charge on any atom is 0.255 e. The van der Waals surface area contributed by atoms with Crippen LogP contribution in [0.2, 0.25) is 0 Å². The van der Waals surface area contributed by atoms with Crippen LogP contribution in [0, 0.1) is 11.3 Å². The van der Waals surface area contributed by atoms with Gasteiger partial charge in [-0.1, -0.05) is 0 Å². The quantitative estimate of drug-likeness (QED) is 0.477. The second-order valence-electron chi connectivity index (χ2n) is 9.60. The lowest BCUT2D eigenvalue weighted by Gasteiger charge is -2.31. The summed E-state index contributed by atoms with van der Waals surface area (Å²) in [7, 11) is 2.06. The molecule has 1 amide bonds. The van der Waals surface area contributed by atoms with Gasteiger partial charge in [0.15, 0.2) is 0 Å². The van der Waals surface area contributed by atoms with E-state index in [-0.39, 0.29) is 12.6 Å². The van der Waals surface area contributed by atoms with E-state index < -0.39 is 17.7 Å². The van der Waals surface area contributed by atoms with Crippen LogP contribution in [-0.4, -0.2) is 75.0 Å². The highest BCUT2D eigenvalue weighted by Crippen LogP contribution is 2.27. The molecule has 0 spiro atoms. The maximum absolute atomic E-state index is 14.2. The third-order valence-electron chi connectivity index (χ3n) is 6.23. The van der Waals surface area contributed by atoms with Gasteiger partial charge < -0.3 is 20.6 Å². The Morgan fingerprint density at radius 2 is 2.17 bits per heavy atom. The molecule has 3 aromatic heterocycles. The molecular formula is C25H30FN7O2. The molecule has 1 fully saturated rings. The number of pyridine rings is 1. The first-order valence-electron chi connectivity index (χ1n) is 11.6. The van der Waals surface area contributed by atoms with E-state index in [0.717, 1.165) is 31.4 Å². The van der Waals surface area contributed by atoms with Crippen molar-refractivity contribution in [2.45, 2.75) is 44.5 Å². The van der Waals surface area contributed by atoms with Crippen LogP contribution in [0.3, 0.4) is 0 Å². The fraction of sp³-hybridized carbons (Fsp3) is 0.440. The third kappa shape index (κ3) is 5.58. The summed E-state index contributed by atoms with van der Waals surface area (Å²) in [6, 6.07) is 9.48. The summed E-state index contributed by atoms with van der Waals surface area (Å²) < 4.78 is 15.9. The van der Waals surface area contributed by atoms with Crippen LogP contribution in [0.15, 0.2) is 36.7 Å². The first kappa shape index (κ1) is 24.6. The fourth-order valence-corrected chi connectivity index (χ4v) is 4.18. The topological polar surface area (TPSA) is 119 Å². The second-order valence-corrected chi connectivity index (χ2v) is 9.60. The lowest BCUT2D eigenvalue weighted by atomic mass is 10.0. The van der Waals surface area contributed by atoms with Gasteiger partial charge in [0.1, 0.15) is 12.2 Å². The van der Waals surface area contributed by atoms with Gasteiger partial charge in [-0.15, -0.1) is 0 Å². The molecule has 4 rings (SSSR count). The third-order valence-corrected chi connectivity index (χ3v) is 6.23. The number of nitrogens with one attached hydrogen (secondary N) is 2. The van der Waals surface area contributed by atoms with Crippen LogP contribution in [-0.2, 0) is 0 Å². The monoisotopic (exact) mass is 479 g/mol. The number of carbonyl (C=O) groups excluding carboxylic acids is 1. The van der Waals surface area contributed by atoms with Gasteiger partial charge in [-0.05, 0) is 64.5 Å². The summed E-state index contributed by atoms with van der Waals surface area (Å²) in [5.74, 6) is -0.473. The van der Waals surface area contributed by atoms with Gasteiger partial charge in [0.2, 0.25) is 0 Å². The van der Waals surface area contributed by atoms with Crippen molar-refractivity contribution in [1.82, 2.24) is 24.8 Å². The smallest absolute Gasteiger partial charge is 0.255 e. The molecule has 0 radical (unpaired) electrons. The first-order valence-corrected chi connectivity index (χ1v) is 11.6. The van der Waals surface area contributed by atoms with E-state index in [1.807, 2.05) is 12.1 Å². The van der Waals surface area contributed by atoms with E-state index in [4.69, 9.17) is 5.26 Å². The van der Waals surface area contributed by atoms with Crippen molar-refractivity contribution in [2.24, 2.45) is 0 Å². The maximum atomic E-state index is 14.2. The Labute approximate surface area is 203 Å². The average molecular weight is 480 g/mol. The molecule has 35 heavy (non-hydrogen) atoms. The lowest BCUT2D eigenvalue weighted by molar-refractivity contribution is -0.00177. The molecule has 0 bridgehead atoms. The zero-order chi connectivity index (χ0) is 25.2. The van der Waals surface area contributed by atoms with Crippen LogP contribution < -0.4 is 10.6 Å². The van der Waals surface area contributed by atoms with Crippen molar-refractivity contribution in [3.05, 3.63) is 47.8 Å². The van der Waals surface area contributed by atoms with Crippen molar-refractivity contribution >= 4 is 17.1 Å². The fourth-order valence-electron chi connectivity index (χ4n) is 4.18. The first-order chi connectivity index (χ1) is 16.7. The number of likely N-dealkylation sites (N-methyl/N-ethyl adjacent to an activating group) is 1. The van der Waals surface area contributed by atoms with Gasteiger partial charge in [-0.3, -0.25) is 9.78 Å². The number of nitrogens with zero attached hydrogens (tertiary/aromatic N) is 5. The molecule has 0 aliphatic carbocycles. The molecule has 1 saturated heterocycles. The Morgan fingerprint density at radius 3 is 2.89 bits per heavy atom. The molecule has 9 nitrogen and oxygen atoms in total. The molecule has 1 aliphatic heterocycles. The molecule has 10 heteroatoms. The Balaban J connectivity index is 1.66. The number of nitriles is 1. The normalized spacial score (nSPS) is 17.7. The van der Waals surface area contributed by atoms with Crippen molar-refractivity contribution in [1.29, 1.82) is 5.26 Å². The summed E-state index contributed by atoms with van der Waals surface area (Å²) in [5, 5.41) is 29.4. The number of hydrogen-bond donors (Lipinski definition) is 3. The SMILES string of the molecule is CN1CCC[C@H](Nc2cc(-c3ccc4cc(C#N)cnn34)ncc2C(=O)NCC(F)C(C)(C)O)C1. The summed E-state index contributed by atoms with van der Waals surface area (Å²) in [6.45, 7) is 4.26. The highest BCUT2D eigenvalue weighted by atomic mass is 19.1. The summed E-state index contributed by atoms with van der Waals surface area (Å²) in [6.07, 6.45) is 3.35. The highest BCUT2D eigenvalue weighted by molar-refractivity contribution is 6.00. The largest absolute Gasteiger partial charge is 0.387 e. The number of hydrogen-bond acceptors (Lipinski definition) is 7. The minimum atomic E-state index is -1.61. The zero-order valence-electron chi connectivity index (χ0n) is 20.1. The Kier molecular flexibility index (Phi) is 7.00. The van der Waals surface area contributed by atoms with Crippen LogP contribution in [0.25, 0.3) is 16.9 Å². The predicted octanol–water partition coefficient (Wildman–Crippen LogP) is 2.61. The number of amides is 1. The Morgan fingerprint density at radius 1 is 1.37 bits per heavy atom. The van der Waals surface area contributed by atoms with Crippen molar-refractivity contribution in [3.8, 4) is 17.5 Å². The molecule has 3 N–H and O–H groups in total. The van der Waals surface area contributed by atoms with E-state index in [9.17, 15) is 14.3 Å². The number of aromatic nitrogens is 3. The average Bonchev–Trinajstić information content (AvgIpc) is 3.25. The Hall–Kier alpha value is -3.55. The number of anilines is 1. The van der Waals surface area contributed by atoms with E-state index in [1.54, 1.807) is 16.6 Å². The molecule has 1 unspecified atom stereocenters. The van der Waals surface area contributed by atoms with Gasteiger partial charge in [-0.25, -0.2) is 8.91 Å². The molecular weight excluding hydrogens is 449 g/mol. The second kappa shape index (κ2) is 9.98. The van der Waals surface area contributed by atoms with E-state index in [2.05, 4.69) is 38.7 Å². The minimum absolute atomic E-state index is 0.140.